The van der Waals surface area contributed by atoms with Crippen LogP contribution in [0.15, 0.2) is 213 Å². The topological polar surface area (TPSA) is 7.65 Å². The third kappa shape index (κ3) is 5.86. The second-order valence-electron chi connectivity index (χ2n) is 15.3. The van der Waals surface area contributed by atoms with E-state index in [0.717, 1.165) is 16.9 Å². The van der Waals surface area contributed by atoms with Crippen LogP contribution in [0.2, 0.25) is 0 Å². The molecule has 0 saturated carbocycles. The number of para-hydroxylation sites is 1. The van der Waals surface area contributed by atoms with Gasteiger partial charge in [-0.15, -0.1) is 11.3 Å². The Balaban J connectivity index is 1.11. The number of fused-ring (bicyclic) bond motifs is 7. The number of aryl methyl sites for hydroxylation is 1. The number of benzene rings is 8. The molecule has 284 valence electrons. The van der Waals surface area contributed by atoms with Crippen LogP contribution in [0.5, 0.6) is 0 Å². The van der Waals surface area contributed by atoms with Gasteiger partial charge in [0.2, 0.25) is 0 Å². The Bertz CT molecular complexity index is 3430. The van der Waals surface area contributed by atoms with E-state index in [-0.39, 0.29) is 0 Å². The lowest BCUT2D eigenvalue weighted by Crippen LogP contribution is -2.10. The van der Waals surface area contributed by atoms with Crippen LogP contribution in [0.1, 0.15) is 11.3 Å². The van der Waals surface area contributed by atoms with Crippen LogP contribution in [0.4, 0.5) is 17.1 Å². The van der Waals surface area contributed by atoms with E-state index in [0.29, 0.717) is 0 Å². The number of hydrogen-bond acceptors (Lipinski definition) is 2. The summed E-state index contributed by atoms with van der Waals surface area (Å²) in [5, 5.41) is 6.27. The summed E-state index contributed by atoms with van der Waals surface area (Å²) in [6.07, 6.45) is 6.11. The molecule has 0 saturated heterocycles. The van der Waals surface area contributed by atoms with Crippen LogP contribution in [-0.2, 0) is 0 Å². The lowest BCUT2D eigenvalue weighted by Gasteiger charge is -2.26. The molecule has 0 aliphatic rings. The highest BCUT2D eigenvalue weighted by Crippen LogP contribution is 2.47. The Morgan fingerprint density at radius 2 is 1.15 bits per heavy atom. The molecule has 0 fully saturated rings. The Kier molecular flexibility index (Phi) is 8.76. The monoisotopic (exact) mass is 784 g/mol. The van der Waals surface area contributed by atoms with Crippen molar-refractivity contribution in [1.82, 2.24) is 4.40 Å². The molecule has 3 heterocycles. The van der Waals surface area contributed by atoms with Crippen molar-refractivity contribution in [2.24, 2.45) is 0 Å². The van der Waals surface area contributed by atoms with Crippen molar-refractivity contribution in [3.8, 4) is 33.4 Å². The zero-order valence-corrected chi connectivity index (χ0v) is 34.0. The molecular formula is C57H40N2S. The van der Waals surface area contributed by atoms with Gasteiger partial charge in [0.05, 0.1) is 21.4 Å². The standard InChI is InChI=1S/C57H40N2S/c1-3-4-21-46-38(2)58-52-26-12-9-19-43(52)37-51(56(58)55(46)42-17-6-5-7-18-42)41-31-35-45(36-32-41)59(53-27-15-25-50-49-23-11-13-28-54(49)60-57(50)53)44-33-29-40(30-34-44)48-24-14-20-39-16-8-10-22-47(39)48/h3-37H,1H2,2H3/b21-4-. The normalized spacial score (nSPS) is 11.8. The molecule has 0 atom stereocenters. The third-order valence-electron chi connectivity index (χ3n) is 11.9. The van der Waals surface area contributed by atoms with Gasteiger partial charge in [-0.1, -0.05) is 170 Å². The second kappa shape index (κ2) is 14.7. The summed E-state index contributed by atoms with van der Waals surface area (Å²) in [6.45, 7) is 6.24. The van der Waals surface area contributed by atoms with Crippen LogP contribution in [-0.4, -0.2) is 4.40 Å². The highest BCUT2D eigenvalue weighted by atomic mass is 32.1. The number of hydrogen-bond donors (Lipinski definition) is 0. The SMILES string of the molecule is C=C/C=C\c1c(-c2ccccc2)c2c(-c3ccc(N(c4ccc(-c5cccc6ccccc56)cc4)c4cccc5c4sc4ccccc45)cc3)cc3ccccc3n2c1C. The summed E-state index contributed by atoms with van der Waals surface area (Å²) in [7, 11) is 0. The lowest BCUT2D eigenvalue weighted by molar-refractivity contribution is 1.16. The predicted molar refractivity (Wildman–Crippen MR) is 260 cm³/mol. The Hall–Kier alpha value is -7.46. The fourth-order valence-corrected chi connectivity index (χ4v) is 10.4. The molecule has 0 amide bonds. The fraction of sp³-hybridized carbons (Fsp3) is 0.0175. The van der Waals surface area contributed by atoms with Crippen molar-refractivity contribution in [1.29, 1.82) is 0 Å². The van der Waals surface area contributed by atoms with E-state index in [1.165, 1.54) is 92.1 Å². The molecule has 11 rings (SSSR count). The minimum Gasteiger partial charge on any atom is -0.312 e. The number of pyridine rings is 1. The summed E-state index contributed by atoms with van der Waals surface area (Å²) in [4.78, 5) is 2.43. The molecule has 0 aliphatic carbocycles. The summed E-state index contributed by atoms with van der Waals surface area (Å²) in [5.41, 5.74) is 15.4. The molecule has 2 nitrogen and oxygen atoms in total. The van der Waals surface area contributed by atoms with Gasteiger partial charge in [0.1, 0.15) is 0 Å². The zero-order valence-electron chi connectivity index (χ0n) is 33.2. The molecule has 0 unspecified atom stereocenters. The summed E-state index contributed by atoms with van der Waals surface area (Å²) < 4.78 is 5.02. The summed E-state index contributed by atoms with van der Waals surface area (Å²) in [6, 6.07) is 70.9. The van der Waals surface area contributed by atoms with Gasteiger partial charge >= 0.3 is 0 Å². The van der Waals surface area contributed by atoms with Crippen molar-refractivity contribution in [2.75, 3.05) is 4.90 Å². The van der Waals surface area contributed by atoms with E-state index >= 15 is 0 Å². The van der Waals surface area contributed by atoms with E-state index in [9.17, 15) is 0 Å². The summed E-state index contributed by atoms with van der Waals surface area (Å²) in [5.74, 6) is 0. The lowest BCUT2D eigenvalue weighted by atomic mass is 9.95. The number of allylic oxidation sites excluding steroid dienone is 2. The minimum atomic E-state index is 1.10. The molecular weight excluding hydrogens is 745 g/mol. The second-order valence-corrected chi connectivity index (χ2v) is 16.4. The first-order chi connectivity index (χ1) is 29.7. The van der Waals surface area contributed by atoms with Gasteiger partial charge in [-0.05, 0) is 93.9 Å². The number of aromatic nitrogens is 1. The average molecular weight is 785 g/mol. The zero-order chi connectivity index (χ0) is 40.2. The van der Waals surface area contributed by atoms with Gasteiger partial charge in [-0.2, -0.15) is 0 Å². The van der Waals surface area contributed by atoms with E-state index in [1.54, 1.807) is 0 Å². The van der Waals surface area contributed by atoms with Crippen molar-refractivity contribution < 1.29 is 0 Å². The van der Waals surface area contributed by atoms with Gasteiger partial charge in [-0.25, -0.2) is 0 Å². The number of anilines is 3. The van der Waals surface area contributed by atoms with Gasteiger partial charge in [0.15, 0.2) is 0 Å². The first-order valence-electron chi connectivity index (χ1n) is 20.5. The summed E-state index contributed by atoms with van der Waals surface area (Å²) >= 11 is 1.86. The third-order valence-corrected chi connectivity index (χ3v) is 13.1. The highest BCUT2D eigenvalue weighted by Gasteiger charge is 2.23. The van der Waals surface area contributed by atoms with Crippen LogP contribution in [0.25, 0.3) is 86.8 Å². The largest absolute Gasteiger partial charge is 0.312 e. The first-order valence-corrected chi connectivity index (χ1v) is 21.3. The van der Waals surface area contributed by atoms with E-state index in [2.05, 4.69) is 223 Å². The molecule has 0 aliphatic heterocycles. The van der Waals surface area contributed by atoms with Crippen LogP contribution >= 0.6 is 11.3 Å². The van der Waals surface area contributed by atoms with Crippen molar-refractivity contribution in [2.45, 2.75) is 6.92 Å². The fourth-order valence-electron chi connectivity index (χ4n) is 9.18. The quantitative estimate of drug-likeness (QED) is 0.139. The Morgan fingerprint density at radius 3 is 1.92 bits per heavy atom. The number of thiophene rings is 1. The molecule has 0 spiro atoms. The maximum Gasteiger partial charge on any atom is 0.0640 e. The van der Waals surface area contributed by atoms with Gasteiger partial charge in [0, 0.05) is 49.2 Å². The maximum atomic E-state index is 4.00. The molecule has 3 aromatic heterocycles. The molecule has 8 aromatic carbocycles. The molecule has 0 bridgehead atoms. The van der Waals surface area contributed by atoms with Crippen LogP contribution in [0.3, 0.4) is 0 Å². The van der Waals surface area contributed by atoms with E-state index in [1.807, 2.05) is 23.5 Å². The first kappa shape index (κ1) is 35.7. The molecule has 0 radical (unpaired) electrons. The smallest absolute Gasteiger partial charge is 0.0640 e. The molecule has 3 heteroatoms. The minimum absolute atomic E-state index is 1.10. The van der Waals surface area contributed by atoms with E-state index in [4.69, 9.17) is 0 Å². The van der Waals surface area contributed by atoms with Gasteiger partial charge < -0.3 is 9.30 Å². The van der Waals surface area contributed by atoms with Crippen molar-refractivity contribution in [3.05, 3.63) is 224 Å². The van der Waals surface area contributed by atoms with Crippen molar-refractivity contribution in [3.63, 3.8) is 0 Å². The highest BCUT2D eigenvalue weighted by molar-refractivity contribution is 7.26. The molecule has 60 heavy (non-hydrogen) atoms. The Morgan fingerprint density at radius 1 is 0.533 bits per heavy atom. The van der Waals surface area contributed by atoms with Crippen LogP contribution in [0, 0.1) is 6.92 Å². The predicted octanol–water partition coefficient (Wildman–Crippen LogP) is 16.6. The van der Waals surface area contributed by atoms with Gasteiger partial charge in [0.25, 0.3) is 0 Å². The van der Waals surface area contributed by atoms with E-state index < -0.39 is 0 Å². The van der Waals surface area contributed by atoms with Crippen molar-refractivity contribution >= 4 is 81.8 Å². The van der Waals surface area contributed by atoms with Crippen LogP contribution < -0.4 is 4.90 Å². The molecule has 11 aromatic rings. The number of nitrogens with zero attached hydrogens (tertiary/aromatic N) is 2. The van der Waals surface area contributed by atoms with Gasteiger partial charge in [-0.3, -0.25) is 0 Å². The maximum absolute atomic E-state index is 4.00. The molecule has 0 N–H and O–H groups in total. The average Bonchev–Trinajstić information content (AvgIpc) is 3.84. The Labute approximate surface area is 353 Å². The number of rotatable bonds is 8.